The number of nitrogens with zero attached hydrogens (tertiary/aromatic N) is 1. The molecule has 1 aromatic heterocycles. The molecule has 0 bridgehead atoms. The zero-order valence-electron chi connectivity index (χ0n) is 7.35. The Hall–Kier alpha value is -0.710. The topological polar surface area (TPSA) is 38.9 Å². The van der Waals surface area contributed by atoms with E-state index in [4.69, 9.17) is 5.73 Å². The Morgan fingerprint density at radius 2 is 2.00 bits per heavy atom. The summed E-state index contributed by atoms with van der Waals surface area (Å²) in [6.07, 6.45) is 1.78. The summed E-state index contributed by atoms with van der Waals surface area (Å²) in [6, 6.07) is 7.89. The normalized spacial score (nSPS) is 12.7. The van der Waals surface area contributed by atoms with Crippen molar-refractivity contribution < 1.29 is 0 Å². The number of halogens is 1. The third-order valence-corrected chi connectivity index (χ3v) is 3.33. The molecule has 0 spiro atoms. The monoisotopic (exact) mass is 268 g/mol. The van der Waals surface area contributed by atoms with Gasteiger partial charge in [0.25, 0.3) is 0 Å². The first-order valence-electron chi connectivity index (χ1n) is 4.18. The fraction of sp³-hybridized carbons (Fsp3) is 0.100. The largest absolute Gasteiger partial charge is 0.318 e. The zero-order chi connectivity index (χ0) is 9.97. The van der Waals surface area contributed by atoms with Crippen molar-refractivity contribution in [1.29, 1.82) is 0 Å². The van der Waals surface area contributed by atoms with Gasteiger partial charge in [-0.25, -0.2) is 4.98 Å². The fourth-order valence-corrected chi connectivity index (χ4v) is 2.13. The molecule has 2 N–H and O–H groups in total. The average Bonchev–Trinajstić information content (AvgIpc) is 2.71. The molecule has 0 saturated carbocycles. The molecule has 1 atom stereocenters. The molecule has 0 fully saturated rings. The van der Waals surface area contributed by atoms with Gasteiger partial charge in [0.2, 0.25) is 0 Å². The summed E-state index contributed by atoms with van der Waals surface area (Å²) in [5.41, 5.74) is 7.13. The molecule has 2 aromatic rings. The van der Waals surface area contributed by atoms with Crippen LogP contribution in [-0.4, -0.2) is 4.98 Å². The molecular weight excluding hydrogens is 260 g/mol. The van der Waals surface area contributed by atoms with E-state index in [9.17, 15) is 0 Å². The molecule has 0 unspecified atom stereocenters. The van der Waals surface area contributed by atoms with Gasteiger partial charge in [-0.05, 0) is 17.7 Å². The van der Waals surface area contributed by atoms with Gasteiger partial charge in [0.1, 0.15) is 5.01 Å². The molecule has 2 rings (SSSR count). The Balaban J connectivity index is 2.28. The van der Waals surface area contributed by atoms with Crippen LogP contribution in [0.15, 0.2) is 40.3 Å². The van der Waals surface area contributed by atoms with Gasteiger partial charge in [-0.15, -0.1) is 11.3 Å². The third kappa shape index (κ3) is 2.03. The number of rotatable bonds is 2. The summed E-state index contributed by atoms with van der Waals surface area (Å²) in [6.45, 7) is 0. The van der Waals surface area contributed by atoms with E-state index >= 15 is 0 Å². The Labute approximate surface area is 94.9 Å². The molecule has 1 aromatic carbocycles. The predicted octanol–water partition coefficient (Wildman–Crippen LogP) is 2.95. The summed E-state index contributed by atoms with van der Waals surface area (Å²) < 4.78 is 1.06. The number of benzene rings is 1. The fourth-order valence-electron chi connectivity index (χ4n) is 1.20. The Kier molecular flexibility index (Phi) is 2.96. The maximum absolute atomic E-state index is 6.04. The number of thiazole rings is 1. The molecule has 0 aliphatic carbocycles. The second-order valence-corrected chi connectivity index (χ2v) is 4.74. The van der Waals surface area contributed by atoms with Crippen LogP contribution < -0.4 is 5.73 Å². The van der Waals surface area contributed by atoms with Crippen molar-refractivity contribution in [3.8, 4) is 0 Å². The molecule has 0 aliphatic rings. The SMILES string of the molecule is N[C@@H](c1ccc(Br)cc1)c1nccs1. The van der Waals surface area contributed by atoms with Crippen LogP contribution in [0.1, 0.15) is 16.6 Å². The first-order valence-corrected chi connectivity index (χ1v) is 5.85. The van der Waals surface area contributed by atoms with Crippen molar-refractivity contribution in [3.05, 3.63) is 50.9 Å². The molecule has 72 valence electrons. The van der Waals surface area contributed by atoms with E-state index in [-0.39, 0.29) is 6.04 Å². The molecular formula is C10H9BrN2S. The lowest BCUT2D eigenvalue weighted by Crippen LogP contribution is -2.10. The quantitative estimate of drug-likeness (QED) is 0.910. The highest BCUT2D eigenvalue weighted by Gasteiger charge is 2.10. The van der Waals surface area contributed by atoms with Gasteiger partial charge >= 0.3 is 0 Å². The molecule has 0 aliphatic heterocycles. The van der Waals surface area contributed by atoms with Gasteiger partial charge in [0, 0.05) is 16.0 Å². The summed E-state index contributed by atoms with van der Waals surface area (Å²) in [7, 11) is 0. The Bertz CT molecular complexity index is 397. The van der Waals surface area contributed by atoms with Gasteiger partial charge in [0.15, 0.2) is 0 Å². The summed E-state index contributed by atoms with van der Waals surface area (Å²) >= 11 is 4.97. The number of nitrogens with two attached hydrogens (primary N) is 1. The lowest BCUT2D eigenvalue weighted by molar-refractivity contribution is 0.857. The lowest BCUT2D eigenvalue weighted by Gasteiger charge is -2.08. The van der Waals surface area contributed by atoms with E-state index < -0.39 is 0 Å². The van der Waals surface area contributed by atoms with E-state index in [0.29, 0.717) is 0 Å². The average molecular weight is 269 g/mol. The van der Waals surface area contributed by atoms with Gasteiger partial charge in [-0.3, -0.25) is 0 Å². The van der Waals surface area contributed by atoms with E-state index in [1.807, 2.05) is 29.6 Å². The van der Waals surface area contributed by atoms with Gasteiger partial charge in [-0.1, -0.05) is 28.1 Å². The van der Waals surface area contributed by atoms with Crippen molar-refractivity contribution in [2.75, 3.05) is 0 Å². The van der Waals surface area contributed by atoms with E-state index in [0.717, 1.165) is 15.0 Å². The van der Waals surface area contributed by atoms with Crippen molar-refractivity contribution >= 4 is 27.3 Å². The van der Waals surface area contributed by atoms with Crippen LogP contribution in [0.3, 0.4) is 0 Å². The van der Waals surface area contributed by atoms with Crippen LogP contribution in [0.25, 0.3) is 0 Å². The van der Waals surface area contributed by atoms with E-state index in [2.05, 4.69) is 20.9 Å². The van der Waals surface area contributed by atoms with Crippen LogP contribution >= 0.6 is 27.3 Å². The predicted molar refractivity (Wildman–Crippen MR) is 62.3 cm³/mol. The number of aromatic nitrogens is 1. The second kappa shape index (κ2) is 4.21. The lowest BCUT2D eigenvalue weighted by atomic mass is 10.1. The molecule has 0 saturated heterocycles. The minimum absolute atomic E-state index is 0.108. The number of hydrogen-bond acceptors (Lipinski definition) is 3. The first-order chi connectivity index (χ1) is 6.77. The van der Waals surface area contributed by atoms with E-state index in [1.165, 1.54) is 0 Å². The molecule has 2 nitrogen and oxygen atoms in total. The molecule has 1 heterocycles. The molecule has 4 heteroatoms. The van der Waals surface area contributed by atoms with Crippen molar-refractivity contribution in [1.82, 2.24) is 4.98 Å². The van der Waals surface area contributed by atoms with Crippen LogP contribution in [0.5, 0.6) is 0 Å². The highest BCUT2D eigenvalue weighted by Crippen LogP contribution is 2.22. The van der Waals surface area contributed by atoms with Crippen LogP contribution in [0.2, 0.25) is 0 Å². The van der Waals surface area contributed by atoms with Crippen LogP contribution in [0, 0.1) is 0 Å². The summed E-state index contributed by atoms with van der Waals surface area (Å²) in [5.74, 6) is 0. The second-order valence-electron chi connectivity index (χ2n) is 2.90. The first kappa shape index (κ1) is 9.83. The molecule has 14 heavy (non-hydrogen) atoms. The minimum Gasteiger partial charge on any atom is -0.318 e. The zero-order valence-corrected chi connectivity index (χ0v) is 9.75. The van der Waals surface area contributed by atoms with E-state index in [1.54, 1.807) is 17.5 Å². The molecule has 0 amide bonds. The maximum Gasteiger partial charge on any atom is 0.114 e. The number of hydrogen-bond donors (Lipinski definition) is 1. The van der Waals surface area contributed by atoms with Gasteiger partial charge in [0.05, 0.1) is 6.04 Å². The van der Waals surface area contributed by atoms with Crippen LogP contribution in [0.4, 0.5) is 0 Å². The summed E-state index contributed by atoms with van der Waals surface area (Å²) in [4.78, 5) is 4.20. The van der Waals surface area contributed by atoms with Gasteiger partial charge < -0.3 is 5.73 Å². The highest BCUT2D eigenvalue weighted by molar-refractivity contribution is 9.10. The third-order valence-electron chi connectivity index (χ3n) is 1.95. The van der Waals surface area contributed by atoms with Crippen molar-refractivity contribution in [3.63, 3.8) is 0 Å². The van der Waals surface area contributed by atoms with Crippen molar-refractivity contribution in [2.24, 2.45) is 5.73 Å². The molecule has 0 radical (unpaired) electrons. The Morgan fingerprint density at radius 3 is 2.57 bits per heavy atom. The Morgan fingerprint density at radius 1 is 1.29 bits per heavy atom. The highest BCUT2D eigenvalue weighted by atomic mass is 79.9. The summed E-state index contributed by atoms with van der Waals surface area (Å²) in [5, 5.41) is 2.89. The van der Waals surface area contributed by atoms with Crippen LogP contribution in [-0.2, 0) is 0 Å². The smallest absolute Gasteiger partial charge is 0.114 e. The minimum atomic E-state index is -0.108. The van der Waals surface area contributed by atoms with Gasteiger partial charge in [-0.2, -0.15) is 0 Å². The standard InChI is InChI=1S/C10H9BrN2S/c11-8-3-1-7(2-4-8)9(12)10-13-5-6-14-10/h1-6,9H,12H2/t9-/m0/s1. The maximum atomic E-state index is 6.04. The van der Waals surface area contributed by atoms with Crippen molar-refractivity contribution in [2.45, 2.75) is 6.04 Å².